The number of ether oxygens (including phenoxy) is 2. The summed E-state index contributed by atoms with van der Waals surface area (Å²) in [6.45, 7) is 1.99. The second-order valence-corrected chi connectivity index (χ2v) is 11.1. The molecule has 4 aromatic carbocycles. The Hall–Kier alpha value is -4.01. The lowest BCUT2D eigenvalue weighted by Crippen LogP contribution is -2.18. The molecule has 1 N–H and O–H groups in total. The van der Waals surface area contributed by atoms with E-state index >= 15 is 0 Å². The largest absolute Gasteiger partial charge is 0.497 e. The van der Waals surface area contributed by atoms with Gasteiger partial charge in [-0.05, 0) is 86.1 Å². The molecule has 8 heteroatoms. The maximum atomic E-state index is 11.6. The van der Waals surface area contributed by atoms with Gasteiger partial charge in [0.15, 0.2) is 0 Å². The second-order valence-electron chi connectivity index (χ2n) is 9.22. The van der Waals surface area contributed by atoms with Crippen molar-refractivity contribution in [2.24, 2.45) is 0 Å². The van der Waals surface area contributed by atoms with Crippen LogP contribution >= 0.6 is 0 Å². The van der Waals surface area contributed by atoms with Crippen molar-refractivity contribution in [1.82, 2.24) is 4.57 Å². The Labute approximate surface area is 222 Å². The first kappa shape index (κ1) is 25.6. The minimum atomic E-state index is -4.09. The predicted molar refractivity (Wildman–Crippen MR) is 153 cm³/mol. The maximum absolute atomic E-state index is 11.6. The first-order chi connectivity index (χ1) is 18.3. The first-order valence-corrected chi connectivity index (χ1v) is 13.9. The van der Waals surface area contributed by atoms with E-state index in [2.05, 4.69) is 33.7 Å². The number of aryl methyl sites for hydroxylation is 1. The molecule has 1 heterocycles. The van der Waals surface area contributed by atoms with Crippen LogP contribution in [-0.2, 0) is 16.7 Å². The van der Waals surface area contributed by atoms with Gasteiger partial charge < -0.3 is 18.9 Å². The third-order valence-electron chi connectivity index (χ3n) is 6.94. The molecule has 0 bridgehead atoms. The van der Waals surface area contributed by atoms with E-state index in [9.17, 15) is 13.0 Å². The third kappa shape index (κ3) is 4.92. The van der Waals surface area contributed by atoms with Crippen molar-refractivity contribution < 1.29 is 22.4 Å². The fraction of sp³-hybridized carbons (Fsp3) is 0.200. The molecule has 0 aliphatic heterocycles. The van der Waals surface area contributed by atoms with Gasteiger partial charge in [0.1, 0.15) is 11.5 Å². The lowest BCUT2D eigenvalue weighted by Gasteiger charge is -2.26. The fourth-order valence-electron chi connectivity index (χ4n) is 4.79. The number of benzene rings is 4. The van der Waals surface area contributed by atoms with Crippen LogP contribution in [-0.4, -0.2) is 37.0 Å². The van der Waals surface area contributed by atoms with Crippen molar-refractivity contribution in [3.63, 3.8) is 0 Å². The molecule has 5 rings (SSSR count). The zero-order chi connectivity index (χ0) is 26.9. The molecule has 0 aliphatic carbocycles. The van der Waals surface area contributed by atoms with Gasteiger partial charge in [-0.15, -0.1) is 0 Å². The number of nitrogens with zero attached hydrogens (tertiary/aromatic N) is 2. The van der Waals surface area contributed by atoms with Crippen LogP contribution in [0.3, 0.4) is 0 Å². The number of hydrogen-bond donors (Lipinski definition) is 1. The van der Waals surface area contributed by atoms with Crippen molar-refractivity contribution in [1.29, 1.82) is 0 Å². The summed E-state index contributed by atoms with van der Waals surface area (Å²) in [5, 5.41) is 1.29. The number of para-hydroxylation sites is 1. The van der Waals surface area contributed by atoms with Gasteiger partial charge in [-0.2, -0.15) is 8.42 Å². The van der Waals surface area contributed by atoms with Crippen molar-refractivity contribution in [3.05, 3.63) is 91.0 Å². The molecular weight excluding hydrogens is 500 g/mol. The van der Waals surface area contributed by atoms with Crippen molar-refractivity contribution >= 4 is 49.0 Å². The lowest BCUT2D eigenvalue weighted by molar-refractivity contribution is 0.415. The molecule has 38 heavy (non-hydrogen) atoms. The van der Waals surface area contributed by atoms with E-state index in [1.165, 1.54) is 6.92 Å². The summed E-state index contributed by atoms with van der Waals surface area (Å²) in [4.78, 5) is 2.17. The summed E-state index contributed by atoms with van der Waals surface area (Å²) in [7, 11) is -0.791. The smallest absolute Gasteiger partial charge is 0.267 e. The van der Waals surface area contributed by atoms with E-state index < -0.39 is 15.4 Å². The Balaban J connectivity index is 1.64. The quantitative estimate of drug-likeness (QED) is 0.208. The lowest BCUT2D eigenvalue weighted by atomic mass is 10.1. The van der Waals surface area contributed by atoms with Crippen LogP contribution in [0.1, 0.15) is 13.3 Å². The molecule has 0 saturated heterocycles. The predicted octanol–water partition coefficient (Wildman–Crippen LogP) is 6.95. The van der Waals surface area contributed by atoms with Gasteiger partial charge in [-0.3, -0.25) is 4.55 Å². The van der Waals surface area contributed by atoms with E-state index in [4.69, 9.17) is 9.47 Å². The maximum Gasteiger partial charge on any atom is 0.267 e. The molecule has 0 aliphatic rings. The van der Waals surface area contributed by atoms with Crippen LogP contribution in [0, 0.1) is 0 Å². The molecule has 0 saturated carbocycles. The van der Waals surface area contributed by atoms with E-state index in [1.807, 2.05) is 66.7 Å². The highest BCUT2D eigenvalue weighted by molar-refractivity contribution is 7.86. The van der Waals surface area contributed by atoms with Crippen LogP contribution in [0.5, 0.6) is 11.5 Å². The van der Waals surface area contributed by atoms with Gasteiger partial charge in [0.2, 0.25) is 0 Å². The molecule has 1 atom stereocenters. The van der Waals surface area contributed by atoms with Gasteiger partial charge in [-0.25, -0.2) is 0 Å². The van der Waals surface area contributed by atoms with Gasteiger partial charge in [0.25, 0.3) is 10.1 Å². The Morgan fingerprint density at radius 3 is 1.84 bits per heavy atom. The van der Waals surface area contributed by atoms with Crippen LogP contribution in [0.15, 0.2) is 91.0 Å². The number of fused-ring (bicyclic) bond motifs is 3. The topological polar surface area (TPSA) is 81.0 Å². The van der Waals surface area contributed by atoms with Gasteiger partial charge in [0.05, 0.1) is 19.5 Å². The summed E-state index contributed by atoms with van der Waals surface area (Å²) < 4.78 is 45.6. The third-order valence-corrected chi connectivity index (χ3v) is 8.20. The summed E-state index contributed by atoms with van der Waals surface area (Å²) in [5.41, 5.74) is 4.94. The highest BCUT2D eigenvalue weighted by Gasteiger charge is 2.20. The number of hydrogen-bond acceptors (Lipinski definition) is 5. The highest BCUT2D eigenvalue weighted by atomic mass is 32.2. The number of rotatable bonds is 9. The fourth-order valence-corrected chi connectivity index (χ4v) is 5.19. The van der Waals surface area contributed by atoms with E-state index in [-0.39, 0.29) is 0 Å². The molecule has 0 fully saturated rings. The molecule has 196 valence electrons. The summed E-state index contributed by atoms with van der Waals surface area (Å²) in [5.74, 6) is 1.56. The summed E-state index contributed by atoms with van der Waals surface area (Å²) >= 11 is 0. The molecule has 5 aromatic rings. The van der Waals surface area contributed by atoms with Crippen molar-refractivity contribution in [2.45, 2.75) is 25.1 Å². The molecular formula is C30H30N2O5S. The molecule has 1 unspecified atom stereocenters. The van der Waals surface area contributed by atoms with E-state index in [0.717, 1.165) is 50.4 Å². The van der Waals surface area contributed by atoms with Crippen LogP contribution in [0.4, 0.5) is 17.1 Å². The van der Waals surface area contributed by atoms with Crippen LogP contribution < -0.4 is 14.4 Å². The van der Waals surface area contributed by atoms with Gasteiger partial charge in [0, 0.05) is 45.4 Å². The average Bonchev–Trinajstić information content (AvgIpc) is 3.25. The first-order valence-electron chi connectivity index (χ1n) is 12.4. The molecule has 0 amide bonds. The minimum Gasteiger partial charge on any atom is -0.497 e. The van der Waals surface area contributed by atoms with Gasteiger partial charge in [-0.1, -0.05) is 18.2 Å². The molecule has 0 radical (unpaired) electrons. The van der Waals surface area contributed by atoms with Gasteiger partial charge >= 0.3 is 0 Å². The Morgan fingerprint density at radius 1 is 0.763 bits per heavy atom. The number of aromatic nitrogens is 1. The highest BCUT2D eigenvalue weighted by Crippen LogP contribution is 2.39. The summed E-state index contributed by atoms with van der Waals surface area (Å²) in [6, 6.07) is 30.2. The molecule has 7 nitrogen and oxygen atoms in total. The minimum absolute atomic E-state index is 0.304. The van der Waals surface area contributed by atoms with Crippen molar-refractivity contribution in [3.8, 4) is 11.5 Å². The number of methoxy groups -OCH3 is 2. The molecule has 1 aromatic heterocycles. The van der Waals surface area contributed by atoms with E-state index in [1.54, 1.807) is 14.2 Å². The zero-order valence-electron chi connectivity index (χ0n) is 21.5. The monoisotopic (exact) mass is 530 g/mol. The van der Waals surface area contributed by atoms with E-state index in [0.29, 0.717) is 13.0 Å². The van der Waals surface area contributed by atoms with Crippen LogP contribution in [0.2, 0.25) is 0 Å². The Morgan fingerprint density at radius 2 is 1.29 bits per heavy atom. The zero-order valence-corrected chi connectivity index (χ0v) is 22.4. The van der Waals surface area contributed by atoms with Crippen molar-refractivity contribution in [2.75, 3.05) is 19.1 Å². The SMILES string of the molecule is COc1ccc(N(c2ccc(OC)cc2)c2ccc3c(c2)c2ccccc2n3CCC(C)S(=O)(=O)O)cc1. The average molecular weight is 531 g/mol. The van der Waals surface area contributed by atoms with Crippen LogP contribution in [0.25, 0.3) is 21.8 Å². The number of anilines is 3. The second kappa shape index (κ2) is 10.4. The Kier molecular flexibility index (Phi) is 7.01. The summed E-state index contributed by atoms with van der Waals surface area (Å²) in [6.07, 6.45) is 0.304. The molecule has 0 spiro atoms. The Bertz CT molecular complexity index is 1630. The normalized spacial score (nSPS) is 12.5. The standard InChI is InChI=1S/C30H30N2O5S/c1-21(38(33,34)35)18-19-31-29-7-5-4-6-27(29)28-20-24(12-17-30(28)31)32(22-8-13-25(36-2)14-9-22)23-10-15-26(37-3)16-11-23/h4-17,20-21H,18-19H2,1-3H3,(H,33,34,35).